The van der Waals surface area contributed by atoms with Gasteiger partial charge in [-0.3, -0.25) is 4.79 Å². The molecular weight excluding hydrogens is 220 g/mol. The summed E-state index contributed by atoms with van der Waals surface area (Å²) in [5.74, 6) is -0.513. The fraction of sp³-hybridized carbons (Fsp3) is 0.231. The normalized spacial score (nSPS) is 10.5. The Morgan fingerprint density at radius 3 is 2.71 bits per heavy atom. The van der Waals surface area contributed by atoms with Gasteiger partial charge in [-0.25, -0.2) is 4.79 Å². The van der Waals surface area contributed by atoms with E-state index >= 15 is 0 Å². The number of aryl methyl sites for hydroxylation is 2. The van der Waals surface area contributed by atoms with Crippen molar-refractivity contribution in [1.82, 2.24) is 0 Å². The third-order valence-corrected chi connectivity index (χ3v) is 2.40. The lowest BCUT2D eigenvalue weighted by molar-refractivity contribution is -0.131. The second kappa shape index (κ2) is 5.84. The molecule has 0 aromatic heterocycles. The Morgan fingerprint density at radius 2 is 2.18 bits per heavy atom. The number of carbonyl (C=O) groups excluding carboxylic acids is 1. The maximum absolute atomic E-state index is 10.5. The number of hydrogen-bond acceptors (Lipinski definition) is 3. The van der Waals surface area contributed by atoms with Crippen LogP contribution in [-0.4, -0.2) is 17.5 Å². The monoisotopic (exact) mass is 234 g/mol. The molecule has 0 spiro atoms. The highest BCUT2D eigenvalue weighted by Gasteiger charge is 2.06. The summed E-state index contributed by atoms with van der Waals surface area (Å²) in [5, 5.41) is 8.61. The zero-order valence-corrected chi connectivity index (χ0v) is 9.77. The van der Waals surface area contributed by atoms with Gasteiger partial charge in [-0.2, -0.15) is 0 Å². The summed E-state index contributed by atoms with van der Waals surface area (Å²) in [5.41, 5.74) is 2.67. The molecule has 1 aromatic carbocycles. The van der Waals surface area contributed by atoms with E-state index in [0.29, 0.717) is 12.2 Å². The summed E-state index contributed by atoms with van der Waals surface area (Å²) >= 11 is 0. The van der Waals surface area contributed by atoms with Crippen molar-refractivity contribution in [3.63, 3.8) is 0 Å². The maximum Gasteiger partial charge on any atom is 0.328 e. The molecule has 0 radical (unpaired) electrons. The summed E-state index contributed by atoms with van der Waals surface area (Å²) in [6, 6.07) is 3.44. The lowest BCUT2D eigenvalue weighted by atomic mass is 9.99. The molecule has 0 aliphatic rings. The van der Waals surface area contributed by atoms with E-state index in [2.05, 4.69) is 0 Å². The Morgan fingerprint density at radius 1 is 1.47 bits per heavy atom. The Kier molecular flexibility index (Phi) is 4.46. The lowest BCUT2D eigenvalue weighted by Gasteiger charge is -2.09. The van der Waals surface area contributed by atoms with Crippen molar-refractivity contribution in [3.05, 3.63) is 34.9 Å². The number of hydrogen-bond donors (Lipinski definition) is 1. The predicted octanol–water partition coefficient (Wildman–Crippen LogP) is 2.19. The first-order chi connectivity index (χ1) is 8.08. The Bertz CT molecular complexity index is 461. The number of carboxylic acid groups (broad SMARTS) is 1. The molecule has 17 heavy (non-hydrogen) atoms. The Hall–Kier alpha value is -2.10. The van der Waals surface area contributed by atoms with Crippen LogP contribution in [0.2, 0.25) is 0 Å². The molecular formula is C13H14O4. The van der Waals surface area contributed by atoms with Gasteiger partial charge >= 0.3 is 5.97 Å². The number of ether oxygens (including phenoxy) is 1. The van der Waals surface area contributed by atoms with Crippen LogP contribution >= 0.6 is 0 Å². The fourth-order valence-corrected chi connectivity index (χ4v) is 1.64. The zero-order valence-electron chi connectivity index (χ0n) is 9.77. The van der Waals surface area contributed by atoms with Crippen LogP contribution in [0.3, 0.4) is 0 Å². The van der Waals surface area contributed by atoms with Gasteiger partial charge in [0.1, 0.15) is 5.75 Å². The molecule has 0 fully saturated rings. The van der Waals surface area contributed by atoms with Gasteiger partial charge in [0.15, 0.2) is 0 Å². The minimum atomic E-state index is -0.986. The Labute approximate surface area is 99.5 Å². The van der Waals surface area contributed by atoms with Gasteiger partial charge in [0, 0.05) is 6.08 Å². The molecule has 0 aliphatic heterocycles. The maximum atomic E-state index is 10.5. The van der Waals surface area contributed by atoms with E-state index in [9.17, 15) is 9.59 Å². The van der Waals surface area contributed by atoms with Gasteiger partial charge in [0.05, 0.1) is 0 Å². The molecule has 0 heterocycles. The van der Waals surface area contributed by atoms with E-state index in [0.717, 1.165) is 29.2 Å². The molecule has 0 atom stereocenters. The molecule has 0 saturated heterocycles. The summed E-state index contributed by atoms with van der Waals surface area (Å²) < 4.78 is 4.79. The smallest absolute Gasteiger partial charge is 0.328 e. The SMILES string of the molecule is CCc1cc(OC=O)cc(C)c1C=CC(=O)O. The van der Waals surface area contributed by atoms with Crippen LogP contribution in [-0.2, 0) is 16.0 Å². The van der Waals surface area contributed by atoms with Crippen molar-refractivity contribution in [2.75, 3.05) is 0 Å². The van der Waals surface area contributed by atoms with Crippen molar-refractivity contribution in [3.8, 4) is 5.75 Å². The van der Waals surface area contributed by atoms with E-state index in [1.54, 1.807) is 18.2 Å². The van der Waals surface area contributed by atoms with E-state index in [4.69, 9.17) is 9.84 Å². The first kappa shape index (κ1) is 13.0. The molecule has 0 amide bonds. The summed E-state index contributed by atoms with van der Waals surface area (Å²) in [4.78, 5) is 20.8. The van der Waals surface area contributed by atoms with Crippen molar-refractivity contribution >= 4 is 18.5 Å². The molecule has 0 bridgehead atoms. The molecule has 1 rings (SSSR count). The lowest BCUT2D eigenvalue weighted by Crippen LogP contribution is -1.96. The van der Waals surface area contributed by atoms with Gasteiger partial charge in [0.2, 0.25) is 0 Å². The van der Waals surface area contributed by atoms with Crippen LogP contribution in [0.5, 0.6) is 5.75 Å². The number of benzene rings is 1. The van der Waals surface area contributed by atoms with Crippen LogP contribution in [0.1, 0.15) is 23.6 Å². The van der Waals surface area contributed by atoms with E-state index in [1.807, 2.05) is 13.8 Å². The average Bonchev–Trinajstić information content (AvgIpc) is 2.27. The van der Waals surface area contributed by atoms with Gasteiger partial charge in [0.25, 0.3) is 6.47 Å². The van der Waals surface area contributed by atoms with Crippen molar-refractivity contribution < 1.29 is 19.4 Å². The molecule has 4 heteroatoms. The van der Waals surface area contributed by atoms with Crippen LogP contribution in [0, 0.1) is 6.92 Å². The molecule has 90 valence electrons. The molecule has 1 aromatic rings. The van der Waals surface area contributed by atoms with Crippen LogP contribution in [0.25, 0.3) is 6.08 Å². The highest BCUT2D eigenvalue weighted by atomic mass is 16.5. The van der Waals surface area contributed by atoms with Gasteiger partial charge in [-0.15, -0.1) is 0 Å². The van der Waals surface area contributed by atoms with Crippen LogP contribution in [0.4, 0.5) is 0 Å². The van der Waals surface area contributed by atoms with Crippen molar-refractivity contribution in [2.45, 2.75) is 20.3 Å². The Balaban J connectivity index is 3.20. The average molecular weight is 234 g/mol. The minimum Gasteiger partial charge on any atom is -0.478 e. The van der Waals surface area contributed by atoms with E-state index < -0.39 is 5.97 Å². The van der Waals surface area contributed by atoms with Crippen molar-refractivity contribution in [1.29, 1.82) is 0 Å². The predicted molar refractivity (Wildman–Crippen MR) is 63.9 cm³/mol. The number of aliphatic carboxylic acids is 1. The summed E-state index contributed by atoms with van der Waals surface area (Å²) in [6.45, 7) is 4.18. The van der Waals surface area contributed by atoms with E-state index in [1.165, 1.54) is 0 Å². The quantitative estimate of drug-likeness (QED) is 0.626. The summed E-state index contributed by atoms with van der Waals surface area (Å²) in [6.07, 6.45) is 3.39. The number of carbonyl (C=O) groups is 2. The largest absolute Gasteiger partial charge is 0.478 e. The highest BCUT2D eigenvalue weighted by molar-refractivity contribution is 5.86. The number of carboxylic acids is 1. The third kappa shape index (κ3) is 3.45. The first-order valence-corrected chi connectivity index (χ1v) is 5.23. The standard InChI is InChI=1S/C13H14O4/c1-3-10-7-11(17-8-14)6-9(2)12(10)4-5-13(15)16/h4-8H,3H2,1-2H3,(H,15,16). The molecule has 0 saturated carbocycles. The third-order valence-electron chi connectivity index (χ3n) is 2.40. The highest BCUT2D eigenvalue weighted by Crippen LogP contribution is 2.23. The van der Waals surface area contributed by atoms with Crippen LogP contribution in [0.15, 0.2) is 18.2 Å². The molecule has 0 unspecified atom stereocenters. The second-order valence-electron chi connectivity index (χ2n) is 3.55. The minimum absolute atomic E-state index is 0.376. The first-order valence-electron chi connectivity index (χ1n) is 5.23. The summed E-state index contributed by atoms with van der Waals surface area (Å²) in [7, 11) is 0. The fourth-order valence-electron chi connectivity index (χ4n) is 1.64. The van der Waals surface area contributed by atoms with Gasteiger partial charge < -0.3 is 9.84 Å². The van der Waals surface area contributed by atoms with Crippen molar-refractivity contribution in [2.24, 2.45) is 0 Å². The number of rotatable bonds is 5. The van der Waals surface area contributed by atoms with Gasteiger partial charge in [-0.05, 0) is 48.2 Å². The molecule has 1 N–H and O–H groups in total. The van der Waals surface area contributed by atoms with E-state index in [-0.39, 0.29) is 0 Å². The zero-order chi connectivity index (χ0) is 12.8. The molecule has 4 nitrogen and oxygen atoms in total. The van der Waals surface area contributed by atoms with Crippen LogP contribution < -0.4 is 4.74 Å². The van der Waals surface area contributed by atoms with Gasteiger partial charge in [-0.1, -0.05) is 6.92 Å². The second-order valence-corrected chi connectivity index (χ2v) is 3.55. The molecule has 0 aliphatic carbocycles. The topological polar surface area (TPSA) is 63.6 Å².